The van der Waals surface area contributed by atoms with Crippen molar-refractivity contribution in [3.8, 4) is 0 Å². The number of carbonyl (C=O) groups is 2. The molecule has 6 heteroatoms. The number of hydrogen-bond acceptors (Lipinski definition) is 3. The molecular weight excluding hydrogens is 345 g/mol. The van der Waals surface area contributed by atoms with Gasteiger partial charge in [0.1, 0.15) is 5.82 Å². The van der Waals surface area contributed by atoms with Crippen LogP contribution in [0.3, 0.4) is 0 Å². The lowest BCUT2D eigenvalue weighted by Crippen LogP contribution is -2.21. The van der Waals surface area contributed by atoms with Crippen molar-refractivity contribution >= 4 is 23.7 Å². The first kappa shape index (κ1) is 18.0. The van der Waals surface area contributed by atoms with Gasteiger partial charge in [0.15, 0.2) is 0 Å². The van der Waals surface area contributed by atoms with Gasteiger partial charge in [-0.2, -0.15) is 5.10 Å². The van der Waals surface area contributed by atoms with Crippen molar-refractivity contribution in [1.29, 1.82) is 0 Å². The molecule has 27 heavy (non-hydrogen) atoms. The quantitative estimate of drug-likeness (QED) is 0.535. The van der Waals surface area contributed by atoms with Crippen LogP contribution in [0.2, 0.25) is 0 Å². The standard InChI is InChI=1S/C21H16FN3O2/c22-17-10-6-7-15(13-17)14-23-25-21(27)18-11-4-5-12-19(18)24-20(26)16-8-2-1-3-9-16/h1-14H,(H,24,26)(H,25,27)/b23-14+. The average molecular weight is 361 g/mol. The van der Waals surface area contributed by atoms with Gasteiger partial charge in [-0.1, -0.05) is 42.5 Å². The van der Waals surface area contributed by atoms with E-state index in [9.17, 15) is 14.0 Å². The number of anilines is 1. The van der Waals surface area contributed by atoms with Crippen LogP contribution in [0, 0.1) is 5.82 Å². The zero-order valence-corrected chi connectivity index (χ0v) is 14.2. The van der Waals surface area contributed by atoms with Gasteiger partial charge in [-0.25, -0.2) is 9.82 Å². The highest BCUT2D eigenvalue weighted by Gasteiger charge is 2.13. The number of carbonyl (C=O) groups excluding carboxylic acids is 2. The highest BCUT2D eigenvalue weighted by molar-refractivity contribution is 6.09. The van der Waals surface area contributed by atoms with Crippen LogP contribution >= 0.6 is 0 Å². The van der Waals surface area contributed by atoms with Crippen molar-refractivity contribution < 1.29 is 14.0 Å². The van der Waals surface area contributed by atoms with Crippen molar-refractivity contribution in [3.05, 3.63) is 101 Å². The molecule has 0 atom stereocenters. The molecule has 5 nitrogen and oxygen atoms in total. The Kier molecular flexibility index (Phi) is 5.69. The molecule has 0 aliphatic heterocycles. The molecule has 0 heterocycles. The molecule has 0 aromatic heterocycles. The Morgan fingerprint density at radius 3 is 2.37 bits per heavy atom. The van der Waals surface area contributed by atoms with Crippen LogP contribution in [-0.2, 0) is 0 Å². The van der Waals surface area contributed by atoms with Gasteiger partial charge < -0.3 is 5.32 Å². The lowest BCUT2D eigenvalue weighted by Gasteiger charge is -2.10. The molecule has 0 saturated carbocycles. The van der Waals surface area contributed by atoms with Crippen molar-refractivity contribution in [3.63, 3.8) is 0 Å². The van der Waals surface area contributed by atoms with E-state index >= 15 is 0 Å². The summed E-state index contributed by atoms with van der Waals surface area (Å²) >= 11 is 0. The second-order valence-corrected chi connectivity index (χ2v) is 5.62. The van der Waals surface area contributed by atoms with E-state index in [-0.39, 0.29) is 17.3 Å². The van der Waals surface area contributed by atoms with Gasteiger partial charge in [0.05, 0.1) is 17.5 Å². The lowest BCUT2D eigenvalue weighted by molar-refractivity contribution is 0.0956. The molecule has 0 saturated heterocycles. The van der Waals surface area contributed by atoms with Gasteiger partial charge >= 0.3 is 0 Å². The predicted molar refractivity (Wildman–Crippen MR) is 102 cm³/mol. The van der Waals surface area contributed by atoms with Crippen molar-refractivity contribution in [2.24, 2.45) is 5.10 Å². The van der Waals surface area contributed by atoms with Gasteiger partial charge in [-0.05, 0) is 42.0 Å². The minimum Gasteiger partial charge on any atom is -0.321 e. The fourth-order valence-corrected chi connectivity index (χ4v) is 2.39. The first-order valence-electron chi connectivity index (χ1n) is 8.18. The van der Waals surface area contributed by atoms with Crippen LogP contribution in [0.4, 0.5) is 10.1 Å². The van der Waals surface area contributed by atoms with E-state index in [4.69, 9.17) is 0 Å². The molecule has 2 N–H and O–H groups in total. The van der Waals surface area contributed by atoms with Gasteiger partial charge in [0.25, 0.3) is 11.8 Å². The number of para-hydroxylation sites is 1. The molecule has 0 fully saturated rings. The second-order valence-electron chi connectivity index (χ2n) is 5.62. The molecule has 0 aliphatic rings. The third-order valence-corrected chi connectivity index (χ3v) is 3.68. The topological polar surface area (TPSA) is 70.6 Å². The predicted octanol–water partition coefficient (Wildman–Crippen LogP) is 3.84. The number of amides is 2. The summed E-state index contributed by atoms with van der Waals surface area (Å²) in [6.07, 6.45) is 1.34. The average Bonchev–Trinajstić information content (AvgIpc) is 2.69. The Hall–Kier alpha value is -3.80. The van der Waals surface area contributed by atoms with E-state index in [0.29, 0.717) is 16.8 Å². The SMILES string of the molecule is O=C(Nc1ccccc1C(=O)N/N=C/c1cccc(F)c1)c1ccccc1. The largest absolute Gasteiger partial charge is 0.321 e. The van der Waals surface area contributed by atoms with Crippen molar-refractivity contribution in [2.45, 2.75) is 0 Å². The maximum atomic E-state index is 13.1. The monoisotopic (exact) mass is 361 g/mol. The zero-order valence-electron chi connectivity index (χ0n) is 14.2. The van der Waals surface area contributed by atoms with E-state index < -0.39 is 5.91 Å². The van der Waals surface area contributed by atoms with E-state index in [1.165, 1.54) is 18.3 Å². The number of rotatable bonds is 5. The normalized spacial score (nSPS) is 10.6. The minimum absolute atomic E-state index is 0.262. The Balaban J connectivity index is 1.71. The van der Waals surface area contributed by atoms with Gasteiger partial charge in [0.2, 0.25) is 0 Å². The maximum absolute atomic E-state index is 13.1. The molecule has 3 rings (SSSR count). The number of hydrogen-bond donors (Lipinski definition) is 2. The van der Waals surface area contributed by atoms with Crippen LogP contribution in [0.15, 0.2) is 84.0 Å². The van der Waals surface area contributed by atoms with Crippen molar-refractivity contribution in [1.82, 2.24) is 5.43 Å². The Morgan fingerprint density at radius 2 is 1.59 bits per heavy atom. The van der Waals surface area contributed by atoms with E-state index in [1.54, 1.807) is 60.7 Å². The molecule has 0 radical (unpaired) electrons. The molecule has 3 aromatic carbocycles. The zero-order chi connectivity index (χ0) is 19.1. The number of hydrazone groups is 1. The van der Waals surface area contributed by atoms with E-state index in [1.807, 2.05) is 6.07 Å². The summed E-state index contributed by atoms with van der Waals surface area (Å²) in [6, 6.07) is 21.1. The van der Waals surface area contributed by atoms with Crippen LogP contribution in [0.25, 0.3) is 0 Å². The molecule has 0 bridgehead atoms. The van der Waals surface area contributed by atoms with E-state index in [0.717, 1.165) is 0 Å². The smallest absolute Gasteiger partial charge is 0.273 e. The molecule has 0 spiro atoms. The van der Waals surface area contributed by atoms with Crippen LogP contribution in [-0.4, -0.2) is 18.0 Å². The fraction of sp³-hybridized carbons (Fsp3) is 0. The Labute approximate surface area is 155 Å². The highest BCUT2D eigenvalue weighted by atomic mass is 19.1. The van der Waals surface area contributed by atoms with Gasteiger partial charge in [0, 0.05) is 5.56 Å². The van der Waals surface area contributed by atoms with Gasteiger partial charge in [-0.15, -0.1) is 0 Å². The Bertz CT molecular complexity index is 987. The first-order chi connectivity index (χ1) is 13.1. The first-order valence-corrected chi connectivity index (χ1v) is 8.18. The maximum Gasteiger partial charge on any atom is 0.273 e. The Morgan fingerprint density at radius 1 is 0.852 bits per heavy atom. The molecule has 3 aromatic rings. The summed E-state index contributed by atoms with van der Waals surface area (Å²) < 4.78 is 13.1. The van der Waals surface area contributed by atoms with Crippen LogP contribution in [0.1, 0.15) is 26.3 Å². The second kappa shape index (κ2) is 8.53. The summed E-state index contributed by atoms with van der Waals surface area (Å²) in [4.78, 5) is 24.7. The molecular formula is C21H16FN3O2. The summed E-state index contributed by atoms with van der Waals surface area (Å²) in [5.41, 5.74) is 4.00. The molecule has 134 valence electrons. The lowest BCUT2D eigenvalue weighted by atomic mass is 10.1. The van der Waals surface area contributed by atoms with Crippen LogP contribution in [0.5, 0.6) is 0 Å². The summed E-state index contributed by atoms with van der Waals surface area (Å²) in [6.45, 7) is 0. The van der Waals surface area contributed by atoms with Crippen LogP contribution < -0.4 is 10.7 Å². The molecule has 0 unspecified atom stereocenters. The minimum atomic E-state index is -0.494. The number of nitrogens with zero attached hydrogens (tertiary/aromatic N) is 1. The number of benzene rings is 3. The number of halogens is 1. The highest BCUT2D eigenvalue weighted by Crippen LogP contribution is 2.16. The summed E-state index contributed by atoms with van der Waals surface area (Å²) in [5, 5.41) is 6.56. The summed E-state index contributed by atoms with van der Waals surface area (Å²) in [5.74, 6) is -1.20. The molecule has 0 aliphatic carbocycles. The third kappa shape index (κ3) is 4.85. The fourth-order valence-electron chi connectivity index (χ4n) is 2.39. The third-order valence-electron chi connectivity index (χ3n) is 3.68. The van der Waals surface area contributed by atoms with Gasteiger partial charge in [-0.3, -0.25) is 9.59 Å². The molecule has 2 amide bonds. The number of nitrogens with one attached hydrogen (secondary N) is 2. The summed E-state index contributed by atoms with van der Waals surface area (Å²) in [7, 11) is 0. The van der Waals surface area contributed by atoms with Crippen molar-refractivity contribution in [2.75, 3.05) is 5.32 Å². The van der Waals surface area contributed by atoms with E-state index in [2.05, 4.69) is 15.8 Å².